The number of nitrogens with zero attached hydrogens (tertiary/aromatic N) is 3. The molecule has 0 radical (unpaired) electrons. The Bertz CT molecular complexity index is 1790. The summed E-state index contributed by atoms with van der Waals surface area (Å²) < 4.78 is 6.51. The first-order valence-electron chi connectivity index (χ1n) is 15.4. The molecule has 0 unspecified atom stereocenters. The minimum absolute atomic E-state index is 0.00212. The van der Waals surface area contributed by atoms with Crippen molar-refractivity contribution in [3.63, 3.8) is 0 Å². The number of aromatic nitrogens is 3. The molecule has 6 rings (SSSR count). The zero-order chi connectivity index (χ0) is 31.6. The van der Waals surface area contributed by atoms with Crippen LogP contribution in [0.4, 0.5) is 0 Å². The summed E-state index contributed by atoms with van der Waals surface area (Å²) in [5.74, 6) is 1.19. The van der Waals surface area contributed by atoms with Crippen molar-refractivity contribution in [2.75, 3.05) is 0 Å². The van der Waals surface area contributed by atoms with Gasteiger partial charge in [0.05, 0.1) is 11.4 Å². The summed E-state index contributed by atoms with van der Waals surface area (Å²) in [4.78, 5) is 14.4. The average molecular weight is 590 g/mol. The van der Waals surface area contributed by atoms with Crippen molar-refractivity contribution in [1.29, 1.82) is 0 Å². The number of rotatable bonds is 6. The van der Waals surface area contributed by atoms with Crippen molar-refractivity contribution >= 4 is 0 Å². The van der Waals surface area contributed by atoms with E-state index in [1.807, 2.05) is 55.0 Å². The van der Waals surface area contributed by atoms with E-state index in [1.165, 1.54) is 11.1 Å². The molecular formula is C41H39N3O. The molecule has 0 bridgehead atoms. The molecule has 6 aromatic rings. The molecule has 4 heteroatoms. The van der Waals surface area contributed by atoms with Crippen molar-refractivity contribution in [3.05, 3.63) is 139 Å². The molecule has 0 aliphatic carbocycles. The van der Waals surface area contributed by atoms with Crippen LogP contribution >= 0.6 is 0 Å². The van der Waals surface area contributed by atoms with E-state index in [2.05, 4.69) is 114 Å². The minimum atomic E-state index is -0.00775. The molecule has 0 atom stereocenters. The highest BCUT2D eigenvalue weighted by molar-refractivity contribution is 5.84. The van der Waals surface area contributed by atoms with E-state index >= 15 is 0 Å². The molecule has 0 amide bonds. The molecule has 4 nitrogen and oxygen atoms in total. The molecular weight excluding hydrogens is 550 g/mol. The van der Waals surface area contributed by atoms with Crippen LogP contribution in [0.2, 0.25) is 0 Å². The summed E-state index contributed by atoms with van der Waals surface area (Å²) in [5.41, 5.74) is 10.5. The molecule has 3 aromatic heterocycles. The van der Waals surface area contributed by atoms with Gasteiger partial charge in [-0.2, -0.15) is 0 Å². The molecule has 0 fully saturated rings. The summed E-state index contributed by atoms with van der Waals surface area (Å²) in [5, 5.41) is 0. The Morgan fingerprint density at radius 1 is 0.467 bits per heavy atom. The smallest absolute Gasteiger partial charge is 0.219 e. The van der Waals surface area contributed by atoms with Crippen LogP contribution in [-0.4, -0.2) is 15.0 Å². The Morgan fingerprint density at radius 2 is 0.978 bits per heavy atom. The van der Waals surface area contributed by atoms with Gasteiger partial charge in [-0.15, -0.1) is 0 Å². The summed E-state index contributed by atoms with van der Waals surface area (Å²) >= 11 is 0. The Kier molecular flexibility index (Phi) is 8.07. The third-order valence-corrected chi connectivity index (χ3v) is 8.07. The van der Waals surface area contributed by atoms with E-state index in [1.54, 1.807) is 0 Å². The second-order valence-electron chi connectivity index (χ2n) is 13.5. The maximum absolute atomic E-state index is 6.51. The van der Waals surface area contributed by atoms with E-state index in [0.717, 1.165) is 44.8 Å². The van der Waals surface area contributed by atoms with Crippen LogP contribution in [0.3, 0.4) is 0 Å². The Morgan fingerprint density at radius 3 is 1.51 bits per heavy atom. The van der Waals surface area contributed by atoms with Gasteiger partial charge in [0.25, 0.3) is 0 Å². The van der Waals surface area contributed by atoms with Gasteiger partial charge < -0.3 is 4.74 Å². The number of pyridine rings is 3. The molecule has 3 aromatic carbocycles. The summed E-state index contributed by atoms with van der Waals surface area (Å²) in [6.45, 7) is 13.3. The summed E-state index contributed by atoms with van der Waals surface area (Å²) in [6, 6.07) is 37.4. The number of ether oxygens (including phenoxy) is 1. The van der Waals surface area contributed by atoms with Crippen LogP contribution in [0.5, 0.6) is 11.6 Å². The van der Waals surface area contributed by atoms with Crippen molar-refractivity contribution < 1.29 is 4.74 Å². The van der Waals surface area contributed by atoms with Gasteiger partial charge in [0.2, 0.25) is 5.88 Å². The fraction of sp³-hybridized carbons (Fsp3) is 0.195. The van der Waals surface area contributed by atoms with Gasteiger partial charge >= 0.3 is 0 Å². The Labute approximate surface area is 266 Å². The normalized spacial score (nSPS) is 11.8. The SMILES string of the molecule is CC(C)(C)c1ccnc(-c2cc(Oc3cc(-c4cc(C(C)(C)C)ccn4)c(-c4ccccc4)cn3)ccc2-c2ccccc2)c1. The van der Waals surface area contributed by atoms with E-state index in [-0.39, 0.29) is 10.8 Å². The van der Waals surface area contributed by atoms with Gasteiger partial charge in [0, 0.05) is 41.3 Å². The third kappa shape index (κ3) is 6.71. The predicted molar refractivity (Wildman–Crippen MR) is 185 cm³/mol. The lowest BCUT2D eigenvalue weighted by atomic mass is 9.86. The van der Waals surface area contributed by atoms with E-state index < -0.39 is 0 Å². The van der Waals surface area contributed by atoms with Gasteiger partial charge in [-0.1, -0.05) is 102 Å². The maximum atomic E-state index is 6.51. The minimum Gasteiger partial charge on any atom is -0.439 e. The van der Waals surface area contributed by atoms with Gasteiger partial charge in [-0.25, -0.2) is 4.98 Å². The largest absolute Gasteiger partial charge is 0.439 e. The number of benzene rings is 3. The molecule has 3 heterocycles. The zero-order valence-electron chi connectivity index (χ0n) is 26.9. The highest BCUT2D eigenvalue weighted by Gasteiger charge is 2.19. The molecule has 45 heavy (non-hydrogen) atoms. The van der Waals surface area contributed by atoms with Crippen LogP contribution < -0.4 is 4.74 Å². The van der Waals surface area contributed by atoms with Crippen LogP contribution in [0.15, 0.2) is 128 Å². The maximum Gasteiger partial charge on any atom is 0.219 e. The molecule has 0 saturated carbocycles. The predicted octanol–water partition coefficient (Wildman–Crippen LogP) is 10.9. The highest BCUT2D eigenvalue weighted by atomic mass is 16.5. The molecule has 0 aliphatic heterocycles. The fourth-order valence-electron chi connectivity index (χ4n) is 5.43. The van der Waals surface area contributed by atoms with Gasteiger partial charge in [-0.3, -0.25) is 9.97 Å². The lowest BCUT2D eigenvalue weighted by molar-refractivity contribution is 0.463. The second-order valence-corrected chi connectivity index (χ2v) is 13.5. The van der Waals surface area contributed by atoms with Crippen LogP contribution in [0, 0.1) is 0 Å². The van der Waals surface area contributed by atoms with E-state index in [4.69, 9.17) is 19.7 Å². The topological polar surface area (TPSA) is 47.9 Å². The number of hydrogen-bond acceptors (Lipinski definition) is 4. The molecule has 224 valence electrons. The highest BCUT2D eigenvalue weighted by Crippen LogP contribution is 2.39. The first-order valence-corrected chi connectivity index (χ1v) is 15.4. The first kappa shape index (κ1) is 30.0. The third-order valence-electron chi connectivity index (χ3n) is 8.07. The first-order chi connectivity index (χ1) is 21.6. The average Bonchev–Trinajstić information content (AvgIpc) is 3.05. The van der Waals surface area contributed by atoms with Crippen molar-refractivity contribution in [2.24, 2.45) is 0 Å². The Hall–Kier alpha value is -5.09. The van der Waals surface area contributed by atoms with Crippen LogP contribution in [0.1, 0.15) is 52.7 Å². The second kappa shape index (κ2) is 12.1. The van der Waals surface area contributed by atoms with Gasteiger partial charge in [-0.05, 0) is 81.1 Å². The fourth-order valence-corrected chi connectivity index (χ4v) is 5.43. The zero-order valence-corrected chi connectivity index (χ0v) is 26.9. The summed E-state index contributed by atoms with van der Waals surface area (Å²) in [6.07, 6.45) is 5.67. The molecule has 0 saturated heterocycles. The van der Waals surface area contributed by atoms with Gasteiger partial charge in [0.15, 0.2) is 0 Å². The van der Waals surface area contributed by atoms with Crippen molar-refractivity contribution in [2.45, 2.75) is 52.4 Å². The lowest BCUT2D eigenvalue weighted by Crippen LogP contribution is -2.11. The molecule has 0 N–H and O–H groups in total. The van der Waals surface area contributed by atoms with E-state index in [9.17, 15) is 0 Å². The van der Waals surface area contributed by atoms with Gasteiger partial charge in [0.1, 0.15) is 5.75 Å². The molecule has 0 spiro atoms. The van der Waals surface area contributed by atoms with Crippen LogP contribution in [-0.2, 0) is 10.8 Å². The monoisotopic (exact) mass is 589 g/mol. The van der Waals surface area contributed by atoms with Crippen LogP contribution in [0.25, 0.3) is 44.8 Å². The quantitative estimate of drug-likeness (QED) is 0.194. The van der Waals surface area contributed by atoms with Crippen molar-refractivity contribution in [3.8, 4) is 56.4 Å². The van der Waals surface area contributed by atoms with E-state index in [0.29, 0.717) is 11.6 Å². The van der Waals surface area contributed by atoms with Crippen molar-refractivity contribution in [1.82, 2.24) is 15.0 Å². The number of hydrogen-bond donors (Lipinski definition) is 0. The molecule has 0 aliphatic rings. The Balaban J connectivity index is 1.45. The lowest BCUT2D eigenvalue weighted by Gasteiger charge is -2.20. The standard InChI is InChI=1S/C41H39N3O/c1-40(2,3)30-19-21-42-37(23-30)34-25-32(17-18-33(34)28-13-9-7-10-14-28)45-39-26-35(36(27-44-39)29-15-11-8-12-16-29)38-24-31(20-22-43-38)41(4,5)6/h7-27H,1-6H3. The summed E-state index contributed by atoms with van der Waals surface area (Å²) in [7, 11) is 0.